The molecule has 33 heavy (non-hydrogen) atoms. The van der Waals surface area contributed by atoms with Crippen LogP contribution in [0.15, 0.2) is 36.5 Å². The number of unbranched alkanes of at least 4 members (excludes halogenated alkanes) is 4. The van der Waals surface area contributed by atoms with E-state index >= 15 is 0 Å². The molecule has 0 aliphatic carbocycles. The maximum absolute atomic E-state index is 12.7. The minimum absolute atomic E-state index is 0.137. The molecule has 0 saturated carbocycles. The highest BCUT2D eigenvalue weighted by molar-refractivity contribution is 6.06. The lowest BCUT2D eigenvalue weighted by atomic mass is 10.1. The molecule has 0 bridgehead atoms. The maximum Gasteiger partial charge on any atom is 0.407 e. The van der Waals surface area contributed by atoms with Gasteiger partial charge in [-0.2, -0.15) is 0 Å². The summed E-state index contributed by atoms with van der Waals surface area (Å²) in [6.07, 6.45) is 6.59. The minimum Gasteiger partial charge on any atom is -0.444 e. The summed E-state index contributed by atoms with van der Waals surface area (Å²) in [4.78, 5) is 28.5. The van der Waals surface area contributed by atoms with E-state index in [0.29, 0.717) is 17.8 Å². The number of rotatable bonds is 11. The van der Waals surface area contributed by atoms with Crippen LogP contribution in [0.3, 0.4) is 0 Å². The van der Waals surface area contributed by atoms with Gasteiger partial charge in [0.2, 0.25) is 0 Å². The Balaban J connectivity index is 1.66. The highest BCUT2D eigenvalue weighted by atomic mass is 16.6. The number of pyridine rings is 1. The number of hydrogen-bond donors (Lipinski definition) is 3. The van der Waals surface area contributed by atoms with Gasteiger partial charge in [-0.1, -0.05) is 25.3 Å². The van der Waals surface area contributed by atoms with Crippen LogP contribution in [0.25, 0.3) is 0 Å². The van der Waals surface area contributed by atoms with Crippen LogP contribution in [0.1, 0.15) is 74.5 Å². The molecule has 0 radical (unpaired) electrons. The van der Waals surface area contributed by atoms with Gasteiger partial charge in [0, 0.05) is 30.0 Å². The van der Waals surface area contributed by atoms with Gasteiger partial charge in [-0.3, -0.25) is 9.78 Å². The van der Waals surface area contributed by atoms with Crippen molar-refractivity contribution in [3.05, 3.63) is 53.3 Å². The first kappa shape index (κ1) is 26.2. The Kier molecular flexibility index (Phi) is 10.2. The SMILES string of the molecule is Cc1ccc(NC(=O)c2cccc(NCCCCCCCNC(=O)OC(C)(C)C)c2C)cn1. The molecule has 1 aromatic carbocycles. The summed E-state index contributed by atoms with van der Waals surface area (Å²) < 4.78 is 5.22. The maximum atomic E-state index is 12.7. The summed E-state index contributed by atoms with van der Waals surface area (Å²) in [5.74, 6) is -0.137. The Hall–Kier alpha value is -3.09. The molecule has 7 heteroatoms. The number of carbonyl (C=O) groups is 2. The van der Waals surface area contributed by atoms with Crippen molar-refractivity contribution in [2.24, 2.45) is 0 Å². The van der Waals surface area contributed by atoms with Crippen LogP contribution in [0.5, 0.6) is 0 Å². The van der Waals surface area contributed by atoms with Crippen molar-refractivity contribution >= 4 is 23.4 Å². The molecule has 3 N–H and O–H groups in total. The number of hydrogen-bond acceptors (Lipinski definition) is 5. The number of benzene rings is 1. The summed E-state index contributed by atoms with van der Waals surface area (Å²) >= 11 is 0. The number of aromatic nitrogens is 1. The Morgan fingerprint density at radius 3 is 2.30 bits per heavy atom. The Bertz CT molecular complexity index is 905. The van der Waals surface area contributed by atoms with Gasteiger partial charge < -0.3 is 20.7 Å². The van der Waals surface area contributed by atoms with Gasteiger partial charge in [-0.15, -0.1) is 0 Å². The molecular weight excluding hydrogens is 416 g/mol. The van der Waals surface area contributed by atoms with Crippen LogP contribution in [-0.4, -0.2) is 35.7 Å². The lowest BCUT2D eigenvalue weighted by Crippen LogP contribution is -2.32. The van der Waals surface area contributed by atoms with Crippen molar-refractivity contribution in [1.82, 2.24) is 10.3 Å². The van der Waals surface area contributed by atoms with E-state index in [9.17, 15) is 9.59 Å². The van der Waals surface area contributed by atoms with E-state index in [1.54, 1.807) is 6.20 Å². The fourth-order valence-electron chi connectivity index (χ4n) is 3.32. The second-order valence-corrected chi connectivity index (χ2v) is 9.24. The fourth-order valence-corrected chi connectivity index (χ4v) is 3.32. The monoisotopic (exact) mass is 454 g/mol. The average molecular weight is 455 g/mol. The molecule has 0 saturated heterocycles. The summed E-state index contributed by atoms with van der Waals surface area (Å²) in [6.45, 7) is 10.9. The van der Waals surface area contributed by atoms with Crippen molar-refractivity contribution in [1.29, 1.82) is 0 Å². The number of anilines is 2. The number of carbonyl (C=O) groups excluding carboxylic acids is 2. The molecule has 0 aliphatic heterocycles. The van der Waals surface area contributed by atoms with Crippen LogP contribution in [-0.2, 0) is 4.74 Å². The zero-order chi connectivity index (χ0) is 24.3. The molecule has 2 rings (SSSR count). The second kappa shape index (κ2) is 12.8. The highest BCUT2D eigenvalue weighted by Gasteiger charge is 2.15. The third-order valence-corrected chi connectivity index (χ3v) is 5.08. The number of nitrogens with one attached hydrogen (secondary N) is 3. The number of amides is 2. The van der Waals surface area contributed by atoms with Gasteiger partial charge in [0.25, 0.3) is 5.91 Å². The highest BCUT2D eigenvalue weighted by Crippen LogP contribution is 2.20. The topological polar surface area (TPSA) is 92.4 Å². The summed E-state index contributed by atoms with van der Waals surface area (Å²) in [5.41, 5.74) is 3.70. The quantitative estimate of drug-likeness (QED) is 0.371. The molecule has 0 fully saturated rings. The van der Waals surface area contributed by atoms with Crippen molar-refractivity contribution in [2.75, 3.05) is 23.7 Å². The van der Waals surface area contributed by atoms with Crippen LogP contribution in [0.4, 0.5) is 16.2 Å². The Morgan fingerprint density at radius 1 is 0.939 bits per heavy atom. The first-order chi connectivity index (χ1) is 15.7. The third-order valence-electron chi connectivity index (χ3n) is 5.08. The van der Waals surface area contributed by atoms with Crippen molar-refractivity contribution < 1.29 is 14.3 Å². The average Bonchev–Trinajstić information content (AvgIpc) is 2.74. The second-order valence-electron chi connectivity index (χ2n) is 9.24. The van der Waals surface area contributed by atoms with E-state index in [1.165, 1.54) is 0 Å². The van der Waals surface area contributed by atoms with E-state index in [0.717, 1.165) is 55.6 Å². The number of nitrogens with zero attached hydrogens (tertiary/aromatic N) is 1. The minimum atomic E-state index is -0.461. The lowest BCUT2D eigenvalue weighted by molar-refractivity contribution is 0.0526. The Labute approximate surface area is 197 Å². The molecule has 180 valence electrons. The predicted molar refractivity (Wildman–Crippen MR) is 134 cm³/mol. The molecule has 1 aromatic heterocycles. The first-order valence-electron chi connectivity index (χ1n) is 11.7. The van der Waals surface area contributed by atoms with Gasteiger partial charge in [-0.05, 0) is 77.3 Å². The third kappa shape index (κ3) is 9.93. The number of ether oxygens (including phenoxy) is 1. The molecule has 0 atom stereocenters. The molecule has 2 aromatic rings. The standard InChI is InChI=1S/C26H38N4O3/c1-19-14-15-21(18-29-19)30-24(31)22-12-11-13-23(20(22)2)27-16-9-7-6-8-10-17-28-25(32)33-26(3,4)5/h11-15,18,27H,6-10,16-17H2,1-5H3,(H,28,32)(H,30,31). The number of aryl methyl sites for hydroxylation is 1. The summed E-state index contributed by atoms with van der Waals surface area (Å²) in [6, 6.07) is 9.46. The lowest BCUT2D eigenvalue weighted by Gasteiger charge is -2.19. The van der Waals surface area contributed by atoms with Crippen molar-refractivity contribution in [3.63, 3.8) is 0 Å². The molecule has 0 spiro atoms. The summed E-state index contributed by atoms with van der Waals surface area (Å²) in [7, 11) is 0. The number of alkyl carbamates (subject to hydrolysis) is 1. The van der Waals surface area contributed by atoms with Crippen LogP contribution in [0.2, 0.25) is 0 Å². The van der Waals surface area contributed by atoms with E-state index in [1.807, 2.05) is 65.0 Å². The zero-order valence-electron chi connectivity index (χ0n) is 20.6. The van der Waals surface area contributed by atoms with Gasteiger partial charge in [-0.25, -0.2) is 4.79 Å². The van der Waals surface area contributed by atoms with Crippen LogP contribution >= 0.6 is 0 Å². The predicted octanol–water partition coefficient (Wildman–Crippen LogP) is 5.84. The Morgan fingerprint density at radius 2 is 1.64 bits per heavy atom. The van der Waals surface area contributed by atoms with Gasteiger partial charge in [0.1, 0.15) is 5.60 Å². The fraction of sp³-hybridized carbons (Fsp3) is 0.500. The molecule has 7 nitrogen and oxygen atoms in total. The van der Waals surface area contributed by atoms with Crippen molar-refractivity contribution in [3.8, 4) is 0 Å². The molecular formula is C26H38N4O3. The molecule has 0 unspecified atom stereocenters. The van der Waals surface area contributed by atoms with Crippen LogP contribution < -0.4 is 16.0 Å². The molecule has 1 heterocycles. The van der Waals surface area contributed by atoms with Gasteiger partial charge >= 0.3 is 6.09 Å². The van der Waals surface area contributed by atoms with E-state index in [-0.39, 0.29) is 12.0 Å². The smallest absolute Gasteiger partial charge is 0.407 e. The zero-order valence-corrected chi connectivity index (χ0v) is 20.6. The largest absolute Gasteiger partial charge is 0.444 e. The van der Waals surface area contributed by atoms with E-state index in [4.69, 9.17) is 4.74 Å². The first-order valence-corrected chi connectivity index (χ1v) is 11.7. The summed E-state index contributed by atoms with van der Waals surface area (Å²) in [5, 5.41) is 9.15. The van der Waals surface area contributed by atoms with Crippen LogP contribution in [0, 0.1) is 13.8 Å². The molecule has 2 amide bonds. The van der Waals surface area contributed by atoms with E-state index in [2.05, 4.69) is 20.9 Å². The normalized spacial score (nSPS) is 11.1. The van der Waals surface area contributed by atoms with Gasteiger partial charge in [0.15, 0.2) is 0 Å². The van der Waals surface area contributed by atoms with Crippen molar-refractivity contribution in [2.45, 2.75) is 72.3 Å². The molecule has 0 aliphatic rings. The van der Waals surface area contributed by atoms with Gasteiger partial charge in [0.05, 0.1) is 11.9 Å². The van der Waals surface area contributed by atoms with E-state index < -0.39 is 5.60 Å².